The van der Waals surface area contributed by atoms with E-state index in [1.807, 2.05) is 65.0 Å². The van der Waals surface area contributed by atoms with Crippen LogP contribution in [0, 0.1) is 23.7 Å². The predicted octanol–water partition coefficient (Wildman–Crippen LogP) is 6.07. The fraction of sp³-hybridized carbons (Fsp3) is 0.603. The zero-order chi connectivity index (χ0) is 61.2. The lowest BCUT2D eigenvalue weighted by Gasteiger charge is -2.39. The van der Waals surface area contributed by atoms with Gasteiger partial charge in [0.25, 0.3) is 11.8 Å². The minimum Gasteiger partial charge on any atom is -0.396 e. The first kappa shape index (κ1) is 68.7. The van der Waals surface area contributed by atoms with Gasteiger partial charge in [-0.2, -0.15) is 0 Å². The largest absolute Gasteiger partial charge is 0.396 e. The van der Waals surface area contributed by atoms with Crippen molar-refractivity contribution in [3.05, 3.63) is 90.2 Å². The third-order valence-corrected chi connectivity index (χ3v) is 16.3. The topological polar surface area (TPSA) is 253 Å². The van der Waals surface area contributed by atoms with Crippen molar-refractivity contribution in [3.8, 4) is 0 Å². The van der Waals surface area contributed by atoms with Gasteiger partial charge in [0.2, 0.25) is 41.4 Å². The van der Waals surface area contributed by atoms with Gasteiger partial charge in [0.1, 0.15) is 12.1 Å². The Kier molecular flexibility index (Phi) is 29.3. The molecule has 0 spiro atoms. The molecule has 0 saturated carbocycles. The lowest BCUT2D eigenvalue weighted by molar-refractivity contribution is -0.146. The van der Waals surface area contributed by atoms with Gasteiger partial charge in [-0.15, -0.1) is 0 Å². The summed E-state index contributed by atoms with van der Waals surface area (Å²) in [5, 5.41) is 20.9. The number of hydrogen-bond donors (Lipinski definition) is 5. The van der Waals surface area contributed by atoms with Crippen molar-refractivity contribution in [2.45, 2.75) is 175 Å². The number of benzene rings is 2. The SMILES string of the molecule is CC=CN(C(=O)CCCCCO)C(C(=O)NCC(=O)N(C)C(C(C)CC)C(CC(=O)N1CCCC1C(OC)C(C)C(=O)N[C@@H](Cc1ccccc1)C(=O)Nc1ccc(CNC(=O)CCCCCN2C(=O)C=CC2=O)cc1)OC)C(C)C(C)C. The number of ether oxygens (including phenoxy) is 2. The molecule has 9 amide bonds. The molecule has 458 valence electrons. The van der Waals surface area contributed by atoms with Crippen molar-refractivity contribution in [2.24, 2.45) is 23.7 Å². The number of unbranched alkanes of at least 4 members (excludes halogenated alkanes) is 4. The zero-order valence-electron chi connectivity index (χ0n) is 50.7. The Balaban J connectivity index is 1.39. The first-order chi connectivity index (χ1) is 39.7. The van der Waals surface area contributed by atoms with Gasteiger partial charge < -0.3 is 50.5 Å². The molecule has 2 aliphatic heterocycles. The standard InChI is InChI=1S/C63H94N8O12/c1-11-34-71(53(74)27-19-15-21-37-72)59(44(6)42(3)4)63(81)65-41-57(78)68(8)58(43(5)12-2)51(82-9)39-56(77)69-36-22-25-50(69)60(83-10)45(7)61(79)67-49(38-46-23-16-13-17-24-46)62(80)66-48-30-28-47(29-31-48)40-64-52(73)26-18-14-20-35-70-54(75)32-33-55(70)76/h11,13,16-17,23-24,28-34,42-45,49-51,58-60,72H,12,14-15,18-22,25-27,35-41H2,1-10H3,(H,64,73)(H,65,81)(H,66,80)(H,67,79)/t43?,44?,45?,49-,50?,51?,58?,59?,60?/m0/s1. The average molecular weight is 1160 g/mol. The van der Waals surface area contributed by atoms with Crippen LogP contribution in [-0.2, 0) is 65.6 Å². The lowest BCUT2D eigenvalue weighted by atomic mass is 9.88. The van der Waals surface area contributed by atoms with E-state index in [-0.39, 0.29) is 86.2 Å². The number of carbonyl (C=O) groups is 9. The molecule has 0 radical (unpaired) electrons. The van der Waals surface area contributed by atoms with E-state index in [4.69, 9.17) is 9.47 Å². The van der Waals surface area contributed by atoms with E-state index in [0.29, 0.717) is 83.0 Å². The highest BCUT2D eigenvalue weighted by Crippen LogP contribution is 2.30. The predicted molar refractivity (Wildman–Crippen MR) is 317 cm³/mol. The van der Waals surface area contributed by atoms with E-state index in [9.17, 15) is 48.3 Å². The van der Waals surface area contributed by atoms with Crippen molar-refractivity contribution < 1.29 is 57.7 Å². The maximum atomic E-state index is 14.6. The minimum absolute atomic E-state index is 0.0254. The summed E-state index contributed by atoms with van der Waals surface area (Å²) in [6.07, 6.45) is 10.5. The average Bonchev–Trinajstić information content (AvgIpc) is 4.35. The number of nitrogens with one attached hydrogen (secondary N) is 4. The van der Waals surface area contributed by atoms with E-state index in [1.165, 1.54) is 41.1 Å². The molecule has 20 nitrogen and oxygen atoms in total. The molecular formula is C63H94N8O12. The van der Waals surface area contributed by atoms with Crippen LogP contribution in [0.15, 0.2) is 79.0 Å². The van der Waals surface area contributed by atoms with Gasteiger partial charge >= 0.3 is 0 Å². The lowest BCUT2D eigenvalue weighted by Crippen LogP contribution is -2.56. The van der Waals surface area contributed by atoms with Crippen molar-refractivity contribution in [3.63, 3.8) is 0 Å². The van der Waals surface area contributed by atoms with Crippen LogP contribution in [0.1, 0.15) is 137 Å². The first-order valence-corrected chi connectivity index (χ1v) is 29.7. The molecule has 1 saturated heterocycles. The molecule has 0 aliphatic carbocycles. The van der Waals surface area contributed by atoms with Crippen LogP contribution in [0.25, 0.3) is 0 Å². The number of hydrogen-bond acceptors (Lipinski definition) is 12. The van der Waals surface area contributed by atoms with Crippen LogP contribution in [0.5, 0.6) is 0 Å². The number of anilines is 1. The Morgan fingerprint density at radius 1 is 0.783 bits per heavy atom. The summed E-state index contributed by atoms with van der Waals surface area (Å²) in [6, 6.07) is 13.4. The fourth-order valence-corrected chi connectivity index (χ4v) is 10.9. The number of amides is 9. The third kappa shape index (κ3) is 20.8. The Morgan fingerprint density at radius 3 is 2.06 bits per heavy atom. The van der Waals surface area contributed by atoms with E-state index in [0.717, 1.165) is 11.1 Å². The van der Waals surface area contributed by atoms with Crippen molar-refractivity contribution in [1.82, 2.24) is 35.6 Å². The fourth-order valence-electron chi connectivity index (χ4n) is 10.9. The summed E-state index contributed by atoms with van der Waals surface area (Å²) in [5.41, 5.74) is 2.12. The van der Waals surface area contributed by atoms with Crippen LogP contribution >= 0.6 is 0 Å². The number of nitrogens with zero attached hydrogens (tertiary/aromatic N) is 4. The number of aliphatic hydroxyl groups is 1. The molecule has 2 aromatic rings. The molecule has 83 heavy (non-hydrogen) atoms. The molecule has 2 aliphatic rings. The smallest absolute Gasteiger partial charge is 0.253 e. The maximum absolute atomic E-state index is 14.6. The van der Waals surface area contributed by atoms with Gasteiger partial charge in [-0.1, -0.05) is 109 Å². The summed E-state index contributed by atoms with van der Waals surface area (Å²) < 4.78 is 12.1. The normalized spacial score (nSPS) is 17.1. The van der Waals surface area contributed by atoms with Gasteiger partial charge in [-0.05, 0) is 86.5 Å². The molecular weight excluding hydrogens is 1060 g/mol. The van der Waals surface area contributed by atoms with Gasteiger partial charge in [-0.25, -0.2) is 0 Å². The molecule has 0 bridgehead atoms. The molecule has 9 atom stereocenters. The molecule has 8 unspecified atom stereocenters. The second-order valence-corrected chi connectivity index (χ2v) is 22.4. The number of carbonyl (C=O) groups excluding carboxylic acids is 9. The number of likely N-dealkylation sites (N-methyl/N-ethyl adjacent to an activating group) is 1. The van der Waals surface area contributed by atoms with Gasteiger partial charge in [0.05, 0.1) is 43.2 Å². The van der Waals surface area contributed by atoms with Crippen LogP contribution in [-0.4, -0.2) is 162 Å². The molecule has 20 heteroatoms. The van der Waals surface area contributed by atoms with Crippen LogP contribution in [0.3, 0.4) is 0 Å². The summed E-state index contributed by atoms with van der Waals surface area (Å²) >= 11 is 0. The minimum atomic E-state index is -0.994. The molecule has 0 aromatic heterocycles. The molecule has 1 fully saturated rings. The Morgan fingerprint density at radius 2 is 1.45 bits per heavy atom. The third-order valence-electron chi connectivity index (χ3n) is 16.3. The molecule has 4 rings (SSSR count). The van der Waals surface area contributed by atoms with Gasteiger partial charge in [-0.3, -0.25) is 48.1 Å². The monoisotopic (exact) mass is 1150 g/mol. The number of allylic oxidation sites excluding steroid dienone is 1. The van der Waals surface area contributed by atoms with Crippen LogP contribution in [0.2, 0.25) is 0 Å². The highest BCUT2D eigenvalue weighted by molar-refractivity contribution is 6.12. The number of aliphatic hydroxyl groups excluding tert-OH is 1. The second-order valence-electron chi connectivity index (χ2n) is 22.4. The summed E-state index contributed by atoms with van der Waals surface area (Å²) in [6.45, 7) is 14.0. The van der Waals surface area contributed by atoms with Crippen LogP contribution < -0.4 is 21.3 Å². The van der Waals surface area contributed by atoms with Gasteiger partial charge in [0, 0.05) is 90.8 Å². The number of rotatable bonds is 36. The Bertz CT molecular complexity index is 2490. The molecule has 2 heterocycles. The molecule has 2 aromatic carbocycles. The van der Waals surface area contributed by atoms with E-state index < -0.39 is 65.9 Å². The van der Waals surface area contributed by atoms with Crippen LogP contribution in [0.4, 0.5) is 5.69 Å². The summed E-state index contributed by atoms with van der Waals surface area (Å²) in [4.78, 5) is 127. The van der Waals surface area contributed by atoms with E-state index in [1.54, 1.807) is 62.3 Å². The molecule has 5 N–H and O–H groups in total. The highest BCUT2D eigenvalue weighted by atomic mass is 16.5. The number of imide groups is 1. The summed E-state index contributed by atoms with van der Waals surface area (Å²) in [5.74, 6) is -4.14. The second kappa shape index (κ2) is 35.4. The summed E-state index contributed by atoms with van der Waals surface area (Å²) in [7, 11) is 4.65. The van der Waals surface area contributed by atoms with Crippen molar-refractivity contribution in [1.29, 1.82) is 0 Å². The van der Waals surface area contributed by atoms with Gasteiger partial charge in [0.15, 0.2) is 0 Å². The van der Waals surface area contributed by atoms with Crippen molar-refractivity contribution >= 4 is 58.9 Å². The quantitative estimate of drug-likeness (QED) is 0.0385. The van der Waals surface area contributed by atoms with E-state index >= 15 is 0 Å². The van der Waals surface area contributed by atoms with E-state index in [2.05, 4.69) is 21.3 Å². The first-order valence-electron chi connectivity index (χ1n) is 29.7. The highest BCUT2D eigenvalue weighted by Gasteiger charge is 2.43. The Hall–Kier alpha value is -6.77. The number of methoxy groups -OCH3 is 2. The number of likely N-dealkylation sites (tertiary alicyclic amines) is 1. The maximum Gasteiger partial charge on any atom is 0.253 e. The zero-order valence-corrected chi connectivity index (χ0v) is 50.7. The van der Waals surface area contributed by atoms with Crippen molar-refractivity contribution in [2.75, 3.05) is 52.8 Å². The Labute approximate surface area is 491 Å².